The fraction of sp³-hybridized carbons (Fsp3) is 0.211. The van der Waals surface area contributed by atoms with Gasteiger partial charge in [-0.15, -0.1) is 0 Å². The predicted octanol–water partition coefficient (Wildman–Crippen LogP) is 3.24. The van der Waals surface area contributed by atoms with Gasteiger partial charge in [-0.25, -0.2) is 0 Å². The van der Waals surface area contributed by atoms with Crippen molar-refractivity contribution in [3.05, 3.63) is 76.2 Å². The summed E-state index contributed by atoms with van der Waals surface area (Å²) in [5.41, 5.74) is 1.51. The third-order valence-electron chi connectivity index (χ3n) is 4.04. The quantitative estimate of drug-likeness (QED) is 0.470. The second-order valence-corrected chi connectivity index (χ2v) is 6.00. The molecule has 0 aliphatic rings. The van der Waals surface area contributed by atoms with Gasteiger partial charge < -0.3 is 9.42 Å². The molecule has 0 N–H and O–H groups in total. The highest BCUT2D eigenvalue weighted by Crippen LogP contribution is 2.21. The number of nitro groups is 1. The van der Waals surface area contributed by atoms with Crippen LogP contribution in [0, 0.1) is 10.1 Å². The Morgan fingerprint density at radius 2 is 1.96 bits per heavy atom. The van der Waals surface area contributed by atoms with Crippen molar-refractivity contribution in [2.24, 2.45) is 0 Å². The van der Waals surface area contributed by atoms with E-state index in [4.69, 9.17) is 4.52 Å². The topological polar surface area (TPSA) is 102 Å². The van der Waals surface area contributed by atoms with Gasteiger partial charge in [0.2, 0.25) is 17.6 Å². The minimum absolute atomic E-state index is 0.0375. The molecule has 0 atom stereocenters. The van der Waals surface area contributed by atoms with E-state index in [0.29, 0.717) is 31.0 Å². The summed E-state index contributed by atoms with van der Waals surface area (Å²) in [5, 5.41) is 14.8. The zero-order valence-corrected chi connectivity index (χ0v) is 14.7. The van der Waals surface area contributed by atoms with E-state index in [1.165, 1.54) is 19.1 Å². The van der Waals surface area contributed by atoms with Crippen molar-refractivity contribution in [1.29, 1.82) is 0 Å². The Balaban J connectivity index is 1.67. The molecule has 0 radical (unpaired) electrons. The second kappa shape index (κ2) is 8.22. The average molecular weight is 366 g/mol. The number of amides is 1. The van der Waals surface area contributed by atoms with Crippen molar-refractivity contribution in [3.63, 3.8) is 0 Å². The second-order valence-electron chi connectivity index (χ2n) is 6.00. The molecule has 8 nitrogen and oxygen atoms in total. The predicted molar refractivity (Wildman–Crippen MR) is 97.6 cm³/mol. The molecule has 0 aliphatic heterocycles. The van der Waals surface area contributed by atoms with Crippen molar-refractivity contribution < 1.29 is 14.2 Å². The number of nitrogens with zero attached hydrogens (tertiary/aromatic N) is 4. The Labute approximate surface area is 155 Å². The molecule has 1 amide bonds. The van der Waals surface area contributed by atoms with Gasteiger partial charge in [-0.1, -0.05) is 47.6 Å². The lowest BCUT2D eigenvalue weighted by molar-refractivity contribution is -0.384. The first-order chi connectivity index (χ1) is 13.0. The SMILES string of the molecule is CC(=O)N(CCc1nc(-c2cccc([N+](=O)[O-])c2)no1)Cc1ccccc1. The molecule has 0 saturated carbocycles. The molecule has 27 heavy (non-hydrogen) atoms. The number of carbonyl (C=O) groups is 1. The van der Waals surface area contributed by atoms with E-state index in [2.05, 4.69) is 10.1 Å². The molecule has 3 rings (SSSR count). The normalized spacial score (nSPS) is 10.6. The van der Waals surface area contributed by atoms with Crippen LogP contribution in [0.15, 0.2) is 59.1 Å². The van der Waals surface area contributed by atoms with E-state index in [-0.39, 0.29) is 17.4 Å². The van der Waals surface area contributed by atoms with Crippen molar-refractivity contribution in [3.8, 4) is 11.4 Å². The third-order valence-corrected chi connectivity index (χ3v) is 4.04. The maximum absolute atomic E-state index is 11.9. The number of hydrogen-bond acceptors (Lipinski definition) is 6. The summed E-state index contributed by atoms with van der Waals surface area (Å²) in [6.07, 6.45) is 0.397. The van der Waals surface area contributed by atoms with Crippen LogP contribution >= 0.6 is 0 Å². The lowest BCUT2D eigenvalue weighted by Gasteiger charge is -2.20. The van der Waals surface area contributed by atoms with E-state index in [0.717, 1.165) is 5.56 Å². The van der Waals surface area contributed by atoms with Crippen molar-refractivity contribution in [2.45, 2.75) is 19.9 Å². The molecule has 1 aromatic heterocycles. The van der Waals surface area contributed by atoms with Crippen molar-refractivity contribution in [2.75, 3.05) is 6.54 Å². The first kappa shape index (κ1) is 18.2. The Morgan fingerprint density at radius 3 is 2.67 bits per heavy atom. The molecular formula is C19H18N4O4. The molecule has 0 aliphatic carbocycles. The lowest BCUT2D eigenvalue weighted by Crippen LogP contribution is -2.30. The summed E-state index contributed by atoms with van der Waals surface area (Å²) in [6.45, 7) is 2.45. The molecule has 2 aromatic carbocycles. The zero-order chi connectivity index (χ0) is 19.2. The average Bonchev–Trinajstić information content (AvgIpc) is 3.15. The van der Waals surface area contributed by atoms with Crippen LogP contribution in [0.4, 0.5) is 5.69 Å². The molecule has 0 unspecified atom stereocenters. The number of rotatable bonds is 7. The number of non-ortho nitro benzene ring substituents is 1. The summed E-state index contributed by atoms with van der Waals surface area (Å²) >= 11 is 0. The highest BCUT2D eigenvalue weighted by atomic mass is 16.6. The van der Waals surface area contributed by atoms with E-state index < -0.39 is 4.92 Å². The largest absolute Gasteiger partial charge is 0.339 e. The van der Waals surface area contributed by atoms with Gasteiger partial charge in [0.05, 0.1) is 4.92 Å². The lowest BCUT2D eigenvalue weighted by atomic mass is 10.2. The maximum Gasteiger partial charge on any atom is 0.270 e. The summed E-state index contributed by atoms with van der Waals surface area (Å²) in [4.78, 5) is 28.3. The van der Waals surface area contributed by atoms with Gasteiger partial charge in [-0.3, -0.25) is 14.9 Å². The smallest absolute Gasteiger partial charge is 0.270 e. The number of aromatic nitrogens is 2. The molecular weight excluding hydrogens is 348 g/mol. The Kier molecular flexibility index (Phi) is 5.55. The van der Waals surface area contributed by atoms with E-state index in [1.807, 2.05) is 30.3 Å². The summed E-state index contributed by atoms with van der Waals surface area (Å²) < 4.78 is 5.23. The molecule has 3 aromatic rings. The number of hydrogen-bond donors (Lipinski definition) is 0. The van der Waals surface area contributed by atoms with Crippen molar-refractivity contribution in [1.82, 2.24) is 15.0 Å². The number of carbonyl (C=O) groups excluding carboxylic acids is 1. The van der Waals surface area contributed by atoms with Gasteiger partial charge in [0.15, 0.2) is 0 Å². The summed E-state index contributed by atoms with van der Waals surface area (Å²) in [5.74, 6) is 0.610. The minimum Gasteiger partial charge on any atom is -0.339 e. The molecule has 138 valence electrons. The Morgan fingerprint density at radius 1 is 1.19 bits per heavy atom. The molecule has 0 bridgehead atoms. The highest BCUT2D eigenvalue weighted by molar-refractivity contribution is 5.73. The minimum atomic E-state index is -0.473. The number of benzene rings is 2. The van der Waals surface area contributed by atoms with E-state index >= 15 is 0 Å². The van der Waals surface area contributed by atoms with Crippen molar-refractivity contribution >= 4 is 11.6 Å². The molecule has 8 heteroatoms. The van der Waals surface area contributed by atoms with Gasteiger partial charge in [0.1, 0.15) is 0 Å². The monoisotopic (exact) mass is 366 g/mol. The van der Waals surface area contributed by atoms with Crippen LogP contribution in [0.3, 0.4) is 0 Å². The van der Waals surface area contributed by atoms with Gasteiger partial charge in [0, 0.05) is 44.1 Å². The van der Waals surface area contributed by atoms with Crippen LogP contribution in [-0.2, 0) is 17.8 Å². The first-order valence-electron chi connectivity index (χ1n) is 8.40. The molecule has 1 heterocycles. The van der Waals surface area contributed by atoms with Crippen LogP contribution < -0.4 is 0 Å². The van der Waals surface area contributed by atoms with E-state index in [1.54, 1.807) is 17.0 Å². The Hall–Kier alpha value is -3.55. The number of nitro benzene ring substituents is 1. The van der Waals surface area contributed by atoms with Crippen LogP contribution in [0.5, 0.6) is 0 Å². The fourth-order valence-corrected chi connectivity index (χ4v) is 2.61. The van der Waals surface area contributed by atoms with Gasteiger partial charge >= 0.3 is 0 Å². The van der Waals surface area contributed by atoms with Gasteiger partial charge in [0.25, 0.3) is 5.69 Å². The fourth-order valence-electron chi connectivity index (χ4n) is 2.61. The summed E-state index contributed by atoms with van der Waals surface area (Å²) in [6, 6.07) is 15.8. The van der Waals surface area contributed by atoms with Crippen LogP contribution in [0.2, 0.25) is 0 Å². The first-order valence-corrected chi connectivity index (χ1v) is 8.40. The molecule has 0 saturated heterocycles. The van der Waals surface area contributed by atoms with Crippen LogP contribution in [0.1, 0.15) is 18.4 Å². The van der Waals surface area contributed by atoms with Gasteiger partial charge in [-0.05, 0) is 5.56 Å². The van der Waals surface area contributed by atoms with Crippen LogP contribution in [-0.4, -0.2) is 32.4 Å². The standard InChI is InChI=1S/C19H18N4O4/c1-14(24)22(13-15-6-3-2-4-7-15)11-10-18-20-19(21-27-18)16-8-5-9-17(12-16)23(25)26/h2-9,12H,10-11,13H2,1H3. The van der Waals surface area contributed by atoms with Crippen LogP contribution in [0.25, 0.3) is 11.4 Å². The van der Waals surface area contributed by atoms with Gasteiger partial charge in [-0.2, -0.15) is 4.98 Å². The Bertz CT molecular complexity index is 940. The third kappa shape index (κ3) is 4.75. The highest BCUT2D eigenvalue weighted by Gasteiger charge is 2.15. The van der Waals surface area contributed by atoms with E-state index in [9.17, 15) is 14.9 Å². The maximum atomic E-state index is 11.9. The zero-order valence-electron chi connectivity index (χ0n) is 14.7. The molecule has 0 fully saturated rings. The molecule has 0 spiro atoms. The summed E-state index contributed by atoms with van der Waals surface area (Å²) in [7, 11) is 0.